The molecule has 130 valence electrons. The molecule has 2 saturated carbocycles. The molecule has 3 heteroatoms. The summed E-state index contributed by atoms with van der Waals surface area (Å²) in [6.07, 6.45) is 5.89. The fourth-order valence-electron chi connectivity index (χ4n) is 6.83. The average molecular weight is 342 g/mol. The Morgan fingerprint density at radius 1 is 1.25 bits per heavy atom. The number of carbonyl (C=O) groups excluding carboxylic acids is 1. The first-order valence-electron chi connectivity index (χ1n) is 9.60. The number of carbonyl (C=O) groups is 1. The maximum Gasteiger partial charge on any atom is 0.158 e. The van der Waals surface area contributed by atoms with Crippen LogP contribution in [0.2, 0.25) is 17.1 Å². The molecule has 24 heavy (non-hydrogen) atoms. The number of hydrogen-bond donors (Lipinski definition) is 0. The van der Waals surface area contributed by atoms with E-state index in [1.165, 1.54) is 31.4 Å². The lowest BCUT2D eigenvalue weighted by Crippen LogP contribution is -2.52. The summed E-state index contributed by atoms with van der Waals surface area (Å²) in [5.74, 6) is 1.67. The summed E-state index contributed by atoms with van der Waals surface area (Å²) in [6, 6.07) is 8.22. The van der Waals surface area contributed by atoms with E-state index in [4.69, 9.17) is 0 Å². The van der Waals surface area contributed by atoms with Crippen LogP contribution in [0.3, 0.4) is 0 Å². The van der Waals surface area contributed by atoms with Gasteiger partial charge < -0.3 is 0 Å². The van der Waals surface area contributed by atoms with E-state index in [-0.39, 0.29) is 5.04 Å². The van der Waals surface area contributed by atoms with Crippen LogP contribution in [0, 0.1) is 22.7 Å². The molecule has 2 bridgehead atoms. The van der Waals surface area contributed by atoms with E-state index in [1.54, 1.807) is 6.20 Å². The van der Waals surface area contributed by atoms with Gasteiger partial charge in [0, 0.05) is 6.20 Å². The van der Waals surface area contributed by atoms with Crippen LogP contribution in [0.5, 0.6) is 0 Å². The zero-order chi connectivity index (χ0) is 17.4. The van der Waals surface area contributed by atoms with Gasteiger partial charge in [-0.05, 0) is 71.2 Å². The molecule has 1 unspecified atom stereocenters. The van der Waals surface area contributed by atoms with Crippen LogP contribution in [0.15, 0.2) is 24.4 Å². The quantitative estimate of drug-likeness (QED) is 0.664. The zero-order valence-electron chi connectivity index (χ0n) is 15.9. The first kappa shape index (κ1) is 16.5. The van der Waals surface area contributed by atoms with Crippen molar-refractivity contribution in [2.45, 2.75) is 71.0 Å². The van der Waals surface area contributed by atoms with Crippen molar-refractivity contribution in [2.24, 2.45) is 22.7 Å². The highest BCUT2D eigenvalue weighted by atomic mass is 28.3. The molecule has 4 rings (SSSR count). The average Bonchev–Trinajstić information content (AvgIpc) is 3.08. The highest BCUT2D eigenvalue weighted by Gasteiger charge is 2.73. The third-order valence-corrected chi connectivity index (χ3v) is 15.0. The molecule has 1 aliphatic heterocycles. The van der Waals surface area contributed by atoms with Crippen molar-refractivity contribution in [3.63, 3.8) is 0 Å². The molecule has 0 radical (unpaired) electrons. The number of fused-ring (bicyclic) bond motifs is 1. The second-order valence-electron chi connectivity index (χ2n) is 10.3. The van der Waals surface area contributed by atoms with Gasteiger partial charge in [0.15, 0.2) is 5.41 Å². The highest BCUT2D eigenvalue weighted by molar-refractivity contribution is 7.10. The molecule has 3 fully saturated rings. The molecule has 0 amide bonds. The van der Waals surface area contributed by atoms with Crippen molar-refractivity contribution in [3.8, 4) is 0 Å². The Morgan fingerprint density at radius 3 is 2.54 bits per heavy atom. The summed E-state index contributed by atoms with van der Waals surface area (Å²) < 4.78 is 0. The molecule has 4 atom stereocenters. The molecule has 0 N–H and O–H groups in total. The van der Waals surface area contributed by atoms with Gasteiger partial charge in [-0.1, -0.05) is 40.7 Å². The second kappa shape index (κ2) is 4.81. The standard InChI is InChI=1S/C21H31NOSi/c1-19(2,3)24(18(23)17-8-6-7-11-22-17)13-16-12-15-9-10-21(16,14-24)20(15,4)5/h6-8,11,15-16H,9-10,12-14H2,1-5H3/t15-,16-,21-,24?/m1/s1. The monoisotopic (exact) mass is 341 g/mol. The zero-order valence-corrected chi connectivity index (χ0v) is 16.9. The lowest BCUT2D eigenvalue weighted by atomic mass is 9.67. The van der Waals surface area contributed by atoms with Crippen molar-refractivity contribution in [3.05, 3.63) is 30.1 Å². The molecule has 2 nitrogen and oxygen atoms in total. The van der Waals surface area contributed by atoms with Crippen molar-refractivity contribution in [2.75, 3.05) is 0 Å². The summed E-state index contributed by atoms with van der Waals surface area (Å²) in [5.41, 5.74) is 1.58. The predicted octanol–water partition coefficient (Wildman–Crippen LogP) is 5.51. The van der Waals surface area contributed by atoms with Gasteiger partial charge in [0.2, 0.25) is 0 Å². The van der Waals surface area contributed by atoms with Crippen LogP contribution in [0.25, 0.3) is 0 Å². The van der Waals surface area contributed by atoms with Crippen LogP contribution in [-0.4, -0.2) is 18.5 Å². The second-order valence-corrected chi connectivity index (χ2v) is 15.2. The van der Waals surface area contributed by atoms with Crippen molar-refractivity contribution >= 4 is 13.5 Å². The van der Waals surface area contributed by atoms with Crippen LogP contribution < -0.4 is 0 Å². The maximum absolute atomic E-state index is 13.7. The van der Waals surface area contributed by atoms with Gasteiger partial charge in [0.05, 0.1) is 0 Å². The van der Waals surface area contributed by atoms with E-state index in [1.807, 2.05) is 18.2 Å². The van der Waals surface area contributed by atoms with Gasteiger partial charge in [0.25, 0.3) is 0 Å². The van der Waals surface area contributed by atoms with Crippen LogP contribution in [0.4, 0.5) is 0 Å². The van der Waals surface area contributed by atoms with Crippen molar-refractivity contribution in [1.29, 1.82) is 0 Å². The van der Waals surface area contributed by atoms with Gasteiger partial charge >= 0.3 is 0 Å². The molecule has 3 aliphatic rings. The number of hydrogen-bond acceptors (Lipinski definition) is 2. The number of aromatic nitrogens is 1. The fraction of sp³-hybridized carbons (Fsp3) is 0.714. The summed E-state index contributed by atoms with van der Waals surface area (Å²) in [5, 5.41) is 0.535. The lowest BCUT2D eigenvalue weighted by Gasteiger charge is -2.43. The van der Waals surface area contributed by atoms with E-state index < -0.39 is 8.07 Å². The molecule has 0 aromatic carbocycles. The van der Waals surface area contributed by atoms with E-state index in [0.29, 0.717) is 16.2 Å². The minimum Gasteiger partial charge on any atom is -0.298 e. The Balaban J connectivity index is 1.80. The first-order chi connectivity index (χ1) is 11.1. The Kier molecular flexibility index (Phi) is 3.31. The van der Waals surface area contributed by atoms with Gasteiger partial charge in [-0.3, -0.25) is 9.78 Å². The fourth-order valence-corrected chi connectivity index (χ4v) is 13.2. The third-order valence-electron chi connectivity index (χ3n) is 8.57. The molecule has 1 aromatic rings. The van der Waals surface area contributed by atoms with Gasteiger partial charge in [-0.25, -0.2) is 0 Å². The SMILES string of the molecule is CC1(C)[C@@H]2CC[C@]13C[Si](C(=O)c1ccccn1)(C(C)(C)C)C[C@H]3C2. The minimum absolute atomic E-state index is 0.106. The minimum atomic E-state index is -2.13. The van der Waals surface area contributed by atoms with Gasteiger partial charge in [0.1, 0.15) is 13.8 Å². The molecular weight excluding hydrogens is 310 g/mol. The van der Waals surface area contributed by atoms with Gasteiger partial charge in [-0.15, -0.1) is 0 Å². The highest BCUT2D eigenvalue weighted by Crippen LogP contribution is 2.77. The largest absolute Gasteiger partial charge is 0.298 e. The summed E-state index contributed by atoms with van der Waals surface area (Å²) in [4.78, 5) is 18.2. The summed E-state index contributed by atoms with van der Waals surface area (Å²) in [7, 11) is -2.13. The number of pyridine rings is 1. The molecule has 1 spiro atoms. The van der Waals surface area contributed by atoms with E-state index in [0.717, 1.165) is 17.5 Å². The first-order valence-corrected chi connectivity index (χ1v) is 12.0. The van der Waals surface area contributed by atoms with E-state index in [2.05, 4.69) is 39.6 Å². The van der Waals surface area contributed by atoms with Crippen LogP contribution >= 0.6 is 0 Å². The lowest BCUT2D eigenvalue weighted by molar-refractivity contribution is 0.105. The Labute approximate surface area is 147 Å². The van der Waals surface area contributed by atoms with Crippen molar-refractivity contribution in [1.82, 2.24) is 4.98 Å². The van der Waals surface area contributed by atoms with E-state index in [9.17, 15) is 4.79 Å². The number of rotatable bonds is 2. The summed E-state index contributed by atoms with van der Waals surface area (Å²) >= 11 is 0. The molecule has 2 heterocycles. The van der Waals surface area contributed by atoms with Crippen molar-refractivity contribution < 1.29 is 4.79 Å². The topological polar surface area (TPSA) is 30.0 Å². The number of nitrogens with zero attached hydrogens (tertiary/aromatic N) is 1. The normalized spacial score (nSPS) is 39.9. The van der Waals surface area contributed by atoms with Gasteiger partial charge in [-0.2, -0.15) is 0 Å². The smallest absolute Gasteiger partial charge is 0.158 e. The third kappa shape index (κ3) is 1.82. The van der Waals surface area contributed by atoms with E-state index >= 15 is 0 Å². The Morgan fingerprint density at radius 2 is 2.00 bits per heavy atom. The molecular formula is C21H31NOSi. The van der Waals surface area contributed by atoms with Crippen LogP contribution in [0.1, 0.15) is 64.4 Å². The molecule has 1 saturated heterocycles. The summed E-state index contributed by atoms with van der Waals surface area (Å²) in [6.45, 7) is 12.0. The Hall–Kier alpha value is -0.963. The Bertz CT molecular complexity index is 677. The molecule has 2 aliphatic carbocycles. The van der Waals surface area contributed by atoms with Crippen LogP contribution in [-0.2, 0) is 0 Å². The molecule has 1 aromatic heterocycles. The maximum atomic E-state index is 13.7. The predicted molar refractivity (Wildman–Crippen MR) is 101 cm³/mol.